The number of aryl methyl sites for hydroxylation is 1. The smallest absolute Gasteiger partial charge is 0.473 e. The molecule has 3 rings (SSSR count). The van der Waals surface area contributed by atoms with E-state index in [1.807, 2.05) is 0 Å². The average molecular weight is 417 g/mol. The molecule has 11 heteroatoms. The van der Waals surface area contributed by atoms with Crippen LogP contribution in [0.5, 0.6) is 11.6 Å². The third-order valence-corrected chi connectivity index (χ3v) is 5.98. The van der Waals surface area contributed by atoms with Gasteiger partial charge in [0.25, 0.3) is 0 Å². The van der Waals surface area contributed by atoms with Crippen molar-refractivity contribution in [1.29, 1.82) is 0 Å². The highest BCUT2D eigenvalue weighted by Crippen LogP contribution is 2.32. The second kappa shape index (κ2) is 7.92. The molecule has 1 aliphatic heterocycles. The van der Waals surface area contributed by atoms with Crippen LogP contribution in [-0.2, 0) is 10.0 Å². The van der Waals surface area contributed by atoms with E-state index in [1.165, 1.54) is 18.3 Å². The summed E-state index contributed by atoms with van der Waals surface area (Å²) in [6.45, 7) is 1.86. The molecule has 1 aromatic carbocycles. The normalized spacial score (nSPS) is 18.6. The fourth-order valence-corrected chi connectivity index (χ4v) is 4.53. The van der Waals surface area contributed by atoms with Gasteiger partial charge in [0.15, 0.2) is 0 Å². The molecule has 0 saturated carbocycles. The van der Waals surface area contributed by atoms with E-state index in [0.717, 1.165) is 16.4 Å². The number of alkyl halides is 3. The Morgan fingerprint density at radius 1 is 1.21 bits per heavy atom. The van der Waals surface area contributed by atoms with E-state index in [0.29, 0.717) is 24.5 Å². The molecule has 0 spiro atoms. The quantitative estimate of drug-likeness (QED) is 0.744. The van der Waals surface area contributed by atoms with Crippen molar-refractivity contribution in [3.8, 4) is 11.6 Å². The summed E-state index contributed by atoms with van der Waals surface area (Å²) in [7, 11) is -4.20. The maximum absolute atomic E-state index is 12.9. The first-order valence-corrected chi connectivity index (χ1v) is 9.90. The Kier molecular flexibility index (Phi) is 5.75. The van der Waals surface area contributed by atoms with Gasteiger partial charge in [0.2, 0.25) is 15.9 Å². The standard InChI is InChI=1S/C17H18F3N3O4S/c1-12-21-9-8-16(22-12)26-13-5-4-10-23(11-13)28(24,25)15-7-3-2-6-14(15)27-17(18,19)20/h2-3,6-9,13H,4-5,10-11H2,1H3. The lowest BCUT2D eigenvalue weighted by molar-refractivity contribution is -0.275. The van der Waals surface area contributed by atoms with E-state index >= 15 is 0 Å². The van der Waals surface area contributed by atoms with Gasteiger partial charge in [-0.2, -0.15) is 9.29 Å². The molecule has 1 fully saturated rings. The van der Waals surface area contributed by atoms with Crippen LogP contribution in [0.4, 0.5) is 13.2 Å². The van der Waals surface area contributed by atoms with E-state index in [1.54, 1.807) is 13.0 Å². The maximum atomic E-state index is 12.9. The summed E-state index contributed by atoms with van der Waals surface area (Å²) in [6.07, 6.45) is -2.86. The van der Waals surface area contributed by atoms with Crippen molar-refractivity contribution in [1.82, 2.24) is 14.3 Å². The van der Waals surface area contributed by atoms with E-state index in [2.05, 4.69) is 14.7 Å². The average Bonchev–Trinajstić information content (AvgIpc) is 2.61. The molecule has 1 saturated heterocycles. The molecule has 0 amide bonds. The number of piperidine rings is 1. The maximum Gasteiger partial charge on any atom is 0.573 e. The van der Waals surface area contributed by atoms with Crippen molar-refractivity contribution < 1.29 is 31.1 Å². The molecule has 1 atom stereocenters. The predicted molar refractivity (Wildman–Crippen MR) is 92.3 cm³/mol. The highest BCUT2D eigenvalue weighted by molar-refractivity contribution is 7.89. The van der Waals surface area contributed by atoms with Crippen molar-refractivity contribution in [2.24, 2.45) is 0 Å². The van der Waals surface area contributed by atoms with Crippen molar-refractivity contribution in [3.63, 3.8) is 0 Å². The first-order chi connectivity index (χ1) is 13.1. The predicted octanol–water partition coefficient (Wildman–Crippen LogP) is 2.92. The topological polar surface area (TPSA) is 81.6 Å². The van der Waals surface area contributed by atoms with Crippen molar-refractivity contribution in [3.05, 3.63) is 42.4 Å². The summed E-state index contributed by atoms with van der Waals surface area (Å²) in [6, 6.07) is 6.25. The molecule has 0 N–H and O–H groups in total. The van der Waals surface area contributed by atoms with Crippen LogP contribution in [-0.4, -0.2) is 48.2 Å². The minimum absolute atomic E-state index is 0.00820. The Balaban J connectivity index is 1.80. The molecule has 28 heavy (non-hydrogen) atoms. The third-order valence-electron chi connectivity index (χ3n) is 4.07. The van der Waals surface area contributed by atoms with E-state index in [9.17, 15) is 21.6 Å². The van der Waals surface area contributed by atoms with Gasteiger partial charge in [-0.1, -0.05) is 12.1 Å². The number of rotatable bonds is 5. The number of nitrogens with zero attached hydrogens (tertiary/aromatic N) is 3. The fourth-order valence-electron chi connectivity index (χ4n) is 2.90. The zero-order chi connectivity index (χ0) is 20.4. The number of ether oxygens (including phenoxy) is 2. The van der Waals surface area contributed by atoms with Gasteiger partial charge in [-0.3, -0.25) is 0 Å². The van der Waals surface area contributed by atoms with Gasteiger partial charge in [-0.05, 0) is 31.9 Å². The Morgan fingerprint density at radius 2 is 1.96 bits per heavy atom. The van der Waals surface area contributed by atoms with Crippen LogP contribution in [0.1, 0.15) is 18.7 Å². The van der Waals surface area contributed by atoms with Crippen LogP contribution in [0.15, 0.2) is 41.4 Å². The van der Waals surface area contributed by atoms with E-state index in [-0.39, 0.29) is 13.1 Å². The first-order valence-electron chi connectivity index (χ1n) is 8.46. The van der Waals surface area contributed by atoms with Crippen LogP contribution in [0.2, 0.25) is 0 Å². The molecule has 2 aromatic rings. The molecule has 1 unspecified atom stereocenters. The number of hydrogen-bond acceptors (Lipinski definition) is 6. The van der Waals surface area contributed by atoms with Crippen LogP contribution in [0.3, 0.4) is 0 Å². The van der Waals surface area contributed by atoms with Crippen molar-refractivity contribution in [2.45, 2.75) is 37.1 Å². The molecule has 0 bridgehead atoms. The summed E-state index contributed by atoms with van der Waals surface area (Å²) in [4.78, 5) is 7.55. The minimum Gasteiger partial charge on any atom is -0.473 e. The fraction of sp³-hybridized carbons (Fsp3) is 0.412. The highest BCUT2D eigenvalue weighted by Gasteiger charge is 2.37. The van der Waals surface area contributed by atoms with Crippen molar-refractivity contribution in [2.75, 3.05) is 13.1 Å². The number of sulfonamides is 1. The lowest BCUT2D eigenvalue weighted by Crippen LogP contribution is -2.44. The van der Waals surface area contributed by atoms with Gasteiger partial charge in [0.1, 0.15) is 22.6 Å². The van der Waals surface area contributed by atoms with Crippen LogP contribution >= 0.6 is 0 Å². The number of benzene rings is 1. The van der Waals surface area contributed by atoms with Crippen LogP contribution < -0.4 is 9.47 Å². The largest absolute Gasteiger partial charge is 0.573 e. The molecule has 2 heterocycles. The van der Waals surface area contributed by atoms with Crippen LogP contribution in [0, 0.1) is 6.92 Å². The minimum atomic E-state index is -5.00. The van der Waals surface area contributed by atoms with E-state index < -0.39 is 33.1 Å². The Hall–Kier alpha value is -2.40. The van der Waals surface area contributed by atoms with Crippen LogP contribution in [0.25, 0.3) is 0 Å². The number of halogens is 3. The summed E-state index contributed by atoms with van der Waals surface area (Å²) in [5.74, 6) is 0.0676. The Morgan fingerprint density at radius 3 is 2.68 bits per heavy atom. The second-order valence-electron chi connectivity index (χ2n) is 6.18. The van der Waals surface area contributed by atoms with Crippen molar-refractivity contribution >= 4 is 10.0 Å². The SMILES string of the molecule is Cc1nccc(OC2CCCN(S(=O)(=O)c3ccccc3OC(F)(F)F)C2)n1. The third kappa shape index (κ3) is 4.90. The zero-order valence-corrected chi connectivity index (χ0v) is 15.7. The van der Waals surface area contributed by atoms with Gasteiger partial charge in [-0.15, -0.1) is 13.2 Å². The lowest BCUT2D eigenvalue weighted by Gasteiger charge is -2.32. The molecule has 0 aliphatic carbocycles. The first kappa shape index (κ1) is 20.3. The lowest BCUT2D eigenvalue weighted by atomic mass is 10.1. The van der Waals surface area contributed by atoms with E-state index in [4.69, 9.17) is 4.74 Å². The Bertz CT molecular complexity index is 937. The summed E-state index contributed by atoms with van der Waals surface area (Å²) < 4.78 is 74.5. The number of para-hydroxylation sites is 1. The molecule has 0 radical (unpaired) electrons. The second-order valence-corrected chi connectivity index (χ2v) is 8.09. The van der Waals surface area contributed by atoms with Gasteiger partial charge in [0, 0.05) is 18.8 Å². The summed E-state index contributed by atoms with van der Waals surface area (Å²) in [5, 5.41) is 0. The highest BCUT2D eigenvalue weighted by atomic mass is 32.2. The molecular formula is C17H18F3N3O4S. The van der Waals surface area contributed by atoms with Gasteiger partial charge >= 0.3 is 6.36 Å². The molecule has 152 valence electrons. The number of aromatic nitrogens is 2. The summed E-state index contributed by atoms with van der Waals surface area (Å²) in [5.41, 5.74) is 0. The molecular weight excluding hydrogens is 399 g/mol. The van der Waals surface area contributed by atoms with Gasteiger partial charge in [-0.25, -0.2) is 13.4 Å². The number of hydrogen-bond donors (Lipinski definition) is 0. The molecule has 1 aromatic heterocycles. The molecule has 1 aliphatic rings. The zero-order valence-electron chi connectivity index (χ0n) is 14.9. The summed E-state index contributed by atoms with van der Waals surface area (Å²) >= 11 is 0. The monoisotopic (exact) mass is 417 g/mol. The van der Waals surface area contributed by atoms with Gasteiger partial charge in [0.05, 0.1) is 6.54 Å². The molecule has 7 nitrogen and oxygen atoms in total. The van der Waals surface area contributed by atoms with Gasteiger partial charge < -0.3 is 9.47 Å². The Labute approximate surface area is 160 Å².